The maximum Gasteiger partial charge on any atom is 0.419 e. The zero-order valence-corrected chi connectivity index (χ0v) is 16.7. The van der Waals surface area contributed by atoms with E-state index in [9.17, 15) is 22.4 Å². The number of benzene rings is 1. The highest BCUT2D eigenvalue weighted by Gasteiger charge is 2.49. The van der Waals surface area contributed by atoms with Crippen molar-refractivity contribution in [1.82, 2.24) is 14.9 Å². The summed E-state index contributed by atoms with van der Waals surface area (Å²) in [6.45, 7) is 0. The quantitative estimate of drug-likeness (QED) is 0.457. The van der Waals surface area contributed by atoms with Gasteiger partial charge in [-0.2, -0.15) is 13.2 Å². The van der Waals surface area contributed by atoms with Crippen LogP contribution >= 0.6 is 22.6 Å². The summed E-state index contributed by atoms with van der Waals surface area (Å²) in [6, 6.07) is 4.51. The highest BCUT2D eigenvalue weighted by atomic mass is 127. The number of aromatic nitrogens is 2. The van der Waals surface area contributed by atoms with E-state index in [-0.39, 0.29) is 23.9 Å². The Morgan fingerprint density at radius 2 is 1.93 bits per heavy atom. The number of hydrogen-bond acceptors (Lipinski definition) is 3. The molecular weight excluding hydrogens is 489 g/mol. The molecule has 0 saturated carbocycles. The first-order valence-corrected chi connectivity index (χ1v) is 9.98. The summed E-state index contributed by atoms with van der Waals surface area (Å²) >= 11 is 1.84. The van der Waals surface area contributed by atoms with Gasteiger partial charge in [0.2, 0.25) is 0 Å². The minimum absolute atomic E-state index is 0.0255. The molecule has 4 nitrogen and oxygen atoms in total. The highest BCUT2D eigenvalue weighted by Crippen LogP contribution is 2.44. The van der Waals surface area contributed by atoms with Crippen molar-refractivity contribution in [3.8, 4) is 0 Å². The molecule has 0 radical (unpaired) electrons. The van der Waals surface area contributed by atoms with Gasteiger partial charge in [0.25, 0.3) is 5.91 Å². The zero-order chi connectivity index (χ0) is 20.1. The molecule has 1 amide bonds. The lowest BCUT2D eigenvalue weighted by atomic mass is 9.86. The molecule has 28 heavy (non-hydrogen) atoms. The summed E-state index contributed by atoms with van der Waals surface area (Å²) in [5, 5.41) is 0. The molecule has 3 atom stereocenters. The number of rotatable bonds is 3. The van der Waals surface area contributed by atoms with Crippen molar-refractivity contribution in [2.75, 3.05) is 0 Å². The minimum Gasteiger partial charge on any atom is -0.332 e. The van der Waals surface area contributed by atoms with Crippen LogP contribution in [0.2, 0.25) is 0 Å². The van der Waals surface area contributed by atoms with Gasteiger partial charge in [-0.05, 0) is 59.9 Å². The van der Waals surface area contributed by atoms with Gasteiger partial charge < -0.3 is 4.90 Å². The second-order valence-corrected chi connectivity index (χ2v) is 8.28. The van der Waals surface area contributed by atoms with Gasteiger partial charge in [-0.3, -0.25) is 4.79 Å². The van der Waals surface area contributed by atoms with Crippen molar-refractivity contribution in [1.29, 1.82) is 0 Å². The van der Waals surface area contributed by atoms with Gasteiger partial charge in [-0.1, -0.05) is 6.07 Å². The van der Waals surface area contributed by atoms with Gasteiger partial charge in [0.15, 0.2) is 0 Å². The fourth-order valence-corrected chi connectivity index (χ4v) is 4.89. The first-order valence-electron chi connectivity index (χ1n) is 8.90. The Kier molecular flexibility index (Phi) is 5.05. The average Bonchev–Trinajstić information content (AvgIpc) is 3.21. The predicted molar refractivity (Wildman–Crippen MR) is 101 cm³/mol. The van der Waals surface area contributed by atoms with Crippen molar-refractivity contribution >= 4 is 28.5 Å². The van der Waals surface area contributed by atoms with Crippen LogP contribution in [0.25, 0.3) is 0 Å². The molecule has 2 aromatic rings. The van der Waals surface area contributed by atoms with Crippen molar-refractivity contribution in [3.05, 3.63) is 56.9 Å². The second-order valence-electron chi connectivity index (χ2n) is 7.20. The Balaban J connectivity index is 1.51. The minimum atomic E-state index is -4.46. The summed E-state index contributed by atoms with van der Waals surface area (Å²) in [6.07, 6.45) is 0.0215. The molecule has 3 unspecified atom stereocenters. The molecule has 0 N–H and O–H groups in total. The van der Waals surface area contributed by atoms with Crippen LogP contribution in [0.5, 0.6) is 0 Å². The van der Waals surface area contributed by atoms with Crippen molar-refractivity contribution in [3.63, 3.8) is 0 Å². The SMILES string of the molecule is O=C(c1cccc(F)c1I)N1C2CCC1C(Cc1ncc(C(F)(F)F)cn1)C2. The van der Waals surface area contributed by atoms with Crippen LogP contribution in [0.1, 0.15) is 41.0 Å². The Hall–Kier alpha value is -1.78. The summed E-state index contributed by atoms with van der Waals surface area (Å²) < 4.78 is 52.1. The van der Waals surface area contributed by atoms with Crippen LogP contribution in [0.4, 0.5) is 17.6 Å². The standard InChI is InChI=1S/C19H16F4IN3O/c20-14-3-1-2-13(17(14)24)18(28)27-12-4-5-15(27)10(6-12)7-16-25-8-11(9-26-16)19(21,22)23/h1-3,8-10,12,15H,4-7H2. The number of nitrogens with zero attached hydrogens (tertiary/aromatic N) is 3. The molecular formula is C19H16F4IN3O. The summed E-state index contributed by atoms with van der Waals surface area (Å²) in [5.41, 5.74) is -0.523. The largest absolute Gasteiger partial charge is 0.419 e. The monoisotopic (exact) mass is 505 g/mol. The van der Waals surface area contributed by atoms with Crippen LogP contribution in [-0.2, 0) is 12.6 Å². The maximum absolute atomic E-state index is 13.8. The third-order valence-electron chi connectivity index (χ3n) is 5.56. The number of carbonyl (C=O) groups is 1. The Bertz CT molecular complexity index is 903. The van der Waals surface area contributed by atoms with E-state index in [0.717, 1.165) is 31.7 Å². The molecule has 2 aliphatic heterocycles. The fourth-order valence-electron chi connectivity index (χ4n) is 4.30. The topological polar surface area (TPSA) is 46.1 Å². The van der Waals surface area contributed by atoms with E-state index in [1.54, 1.807) is 6.07 Å². The maximum atomic E-state index is 13.8. The summed E-state index contributed by atoms with van der Waals surface area (Å²) in [4.78, 5) is 22.6. The van der Waals surface area contributed by atoms with E-state index in [2.05, 4.69) is 9.97 Å². The molecule has 2 aliphatic rings. The third-order valence-corrected chi connectivity index (χ3v) is 6.66. The van der Waals surface area contributed by atoms with E-state index >= 15 is 0 Å². The molecule has 1 aromatic heterocycles. The lowest BCUT2D eigenvalue weighted by molar-refractivity contribution is -0.138. The number of carbonyl (C=O) groups excluding carboxylic acids is 1. The normalized spacial score (nSPS) is 24.0. The van der Waals surface area contributed by atoms with Gasteiger partial charge in [-0.15, -0.1) is 0 Å². The van der Waals surface area contributed by atoms with E-state index in [0.29, 0.717) is 21.4 Å². The second kappa shape index (κ2) is 7.23. The highest BCUT2D eigenvalue weighted by molar-refractivity contribution is 14.1. The number of hydrogen-bond donors (Lipinski definition) is 0. The molecule has 2 bridgehead atoms. The summed E-state index contributed by atoms with van der Waals surface area (Å²) in [7, 11) is 0. The van der Waals surface area contributed by atoms with E-state index in [4.69, 9.17) is 0 Å². The first-order chi connectivity index (χ1) is 13.3. The smallest absolute Gasteiger partial charge is 0.332 e. The number of alkyl halides is 3. The fraction of sp³-hybridized carbons (Fsp3) is 0.421. The molecule has 2 saturated heterocycles. The van der Waals surface area contributed by atoms with Crippen LogP contribution < -0.4 is 0 Å². The molecule has 148 valence electrons. The van der Waals surface area contributed by atoms with E-state index in [1.165, 1.54) is 12.1 Å². The molecule has 1 aromatic carbocycles. The van der Waals surface area contributed by atoms with Gasteiger partial charge in [-0.25, -0.2) is 14.4 Å². The van der Waals surface area contributed by atoms with Gasteiger partial charge >= 0.3 is 6.18 Å². The van der Waals surface area contributed by atoms with Crippen LogP contribution in [0.3, 0.4) is 0 Å². The average molecular weight is 505 g/mol. The Labute approximate surface area is 172 Å². The Morgan fingerprint density at radius 1 is 1.21 bits per heavy atom. The van der Waals surface area contributed by atoms with Gasteiger partial charge in [0, 0.05) is 30.9 Å². The number of amides is 1. The lowest BCUT2D eigenvalue weighted by Crippen LogP contribution is -2.37. The van der Waals surface area contributed by atoms with Crippen molar-refractivity contribution < 1.29 is 22.4 Å². The van der Waals surface area contributed by atoms with Gasteiger partial charge in [0.1, 0.15) is 11.6 Å². The zero-order valence-electron chi connectivity index (χ0n) is 14.6. The number of fused-ring (bicyclic) bond motifs is 2. The van der Waals surface area contributed by atoms with Gasteiger partial charge in [0.05, 0.1) is 14.7 Å². The predicted octanol–water partition coefficient (Wildman–Crippen LogP) is 4.47. The first kappa shape index (κ1) is 19.5. The summed E-state index contributed by atoms with van der Waals surface area (Å²) in [5.74, 6) is -0.177. The van der Waals surface area contributed by atoms with Crippen LogP contribution in [0.15, 0.2) is 30.6 Å². The molecule has 4 rings (SSSR count). The molecule has 9 heteroatoms. The third kappa shape index (κ3) is 3.48. The van der Waals surface area contributed by atoms with Crippen molar-refractivity contribution in [2.24, 2.45) is 5.92 Å². The van der Waals surface area contributed by atoms with Crippen LogP contribution in [0, 0.1) is 15.3 Å². The Morgan fingerprint density at radius 3 is 2.61 bits per heavy atom. The number of halogens is 5. The lowest BCUT2D eigenvalue weighted by Gasteiger charge is -2.25. The molecule has 0 spiro atoms. The molecule has 2 fully saturated rings. The van der Waals surface area contributed by atoms with Crippen LogP contribution in [-0.4, -0.2) is 32.9 Å². The van der Waals surface area contributed by atoms with Crippen molar-refractivity contribution in [2.45, 2.75) is 43.9 Å². The van der Waals surface area contributed by atoms with E-state index in [1.807, 2.05) is 27.5 Å². The van der Waals surface area contributed by atoms with E-state index < -0.39 is 17.6 Å². The molecule has 3 heterocycles. The molecule has 0 aliphatic carbocycles.